The van der Waals surface area contributed by atoms with E-state index in [4.69, 9.17) is 4.74 Å². The summed E-state index contributed by atoms with van der Waals surface area (Å²) in [7, 11) is 0. The van der Waals surface area contributed by atoms with Crippen LogP contribution in [0.15, 0.2) is 42.7 Å². The maximum absolute atomic E-state index is 5.75. The highest BCUT2D eigenvalue weighted by atomic mass is 16.5. The standard InChI is InChI=1S/C16H21N3O/c1-16(2)12-14(8-11-20-16)18-13-4-6-15(7-5-13)19-10-3-9-17-19/h3-7,9-10,14,18H,8,11-12H2,1-2H3. The second-order valence-corrected chi connectivity index (χ2v) is 5.94. The van der Waals surface area contributed by atoms with E-state index in [0.29, 0.717) is 6.04 Å². The van der Waals surface area contributed by atoms with Gasteiger partial charge in [-0.05, 0) is 57.0 Å². The van der Waals surface area contributed by atoms with E-state index in [9.17, 15) is 0 Å². The van der Waals surface area contributed by atoms with E-state index < -0.39 is 0 Å². The molecule has 1 aliphatic heterocycles. The van der Waals surface area contributed by atoms with Gasteiger partial charge in [0.2, 0.25) is 0 Å². The zero-order valence-corrected chi connectivity index (χ0v) is 12.0. The second kappa shape index (κ2) is 5.29. The van der Waals surface area contributed by atoms with E-state index in [2.05, 4.69) is 48.5 Å². The van der Waals surface area contributed by atoms with Gasteiger partial charge >= 0.3 is 0 Å². The average Bonchev–Trinajstić information content (AvgIpc) is 2.92. The Labute approximate surface area is 119 Å². The molecule has 2 aromatic rings. The minimum absolute atomic E-state index is 0.0229. The molecule has 1 unspecified atom stereocenters. The van der Waals surface area contributed by atoms with Crippen molar-refractivity contribution >= 4 is 5.69 Å². The number of benzene rings is 1. The first-order chi connectivity index (χ1) is 9.62. The molecule has 0 aliphatic carbocycles. The molecule has 1 fully saturated rings. The van der Waals surface area contributed by atoms with Crippen LogP contribution in [0.2, 0.25) is 0 Å². The summed E-state index contributed by atoms with van der Waals surface area (Å²) in [6, 6.07) is 10.8. The molecular formula is C16H21N3O. The number of nitrogens with one attached hydrogen (secondary N) is 1. The van der Waals surface area contributed by atoms with Crippen molar-refractivity contribution in [2.24, 2.45) is 0 Å². The summed E-state index contributed by atoms with van der Waals surface area (Å²) in [4.78, 5) is 0. The molecule has 1 saturated heterocycles. The Morgan fingerprint density at radius 2 is 2.10 bits per heavy atom. The van der Waals surface area contributed by atoms with E-state index in [0.717, 1.165) is 30.8 Å². The Morgan fingerprint density at radius 1 is 1.30 bits per heavy atom. The lowest BCUT2D eigenvalue weighted by molar-refractivity contribution is -0.0553. The fourth-order valence-corrected chi connectivity index (χ4v) is 2.72. The van der Waals surface area contributed by atoms with Crippen molar-refractivity contribution in [2.45, 2.75) is 38.3 Å². The molecule has 4 nitrogen and oxygen atoms in total. The maximum Gasteiger partial charge on any atom is 0.0647 e. The van der Waals surface area contributed by atoms with Gasteiger partial charge in [-0.3, -0.25) is 0 Å². The Kier molecular flexibility index (Phi) is 3.49. The summed E-state index contributed by atoms with van der Waals surface area (Å²) in [6.07, 6.45) is 5.83. The van der Waals surface area contributed by atoms with Crippen LogP contribution in [0, 0.1) is 0 Å². The maximum atomic E-state index is 5.75. The van der Waals surface area contributed by atoms with Crippen molar-refractivity contribution in [2.75, 3.05) is 11.9 Å². The molecule has 1 N–H and O–H groups in total. The van der Waals surface area contributed by atoms with Gasteiger partial charge in [0.05, 0.1) is 11.3 Å². The van der Waals surface area contributed by atoms with Crippen molar-refractivity contribution < 1.29 is 4.74 Å². The van der Waals surface area contributed by atoms with Crippen LogP contribution in [0.3, 0.4) is 0 Å². The average molecular weight is 271 g/mol. The molecule has 0 amide bonds. The van der Waals surface area contributed by atoms with Crippen LogP contribution in [-0.4, -0.2) is 28.0 Å². The van der Waals surface area contributed by atoms with Crippen molar-refractivity contribution in [3.8, 4) is 5.69 Å². The van der Waals surface area contributed by atoms with Crippen LogP contribution >= 0.6 is 0 Å². The highest BCUT2D eigenvalue weighted by molar-refractivity contribution is 5.49. The summed E-state index contributed by atoms with van der Waals surface area (Å²) in [5.41, 5.74) is 2.21. The topological polar surface area (TPSA) is 39.1 Å². The number of nitrogens with zero attached hydrogens (tertiary/aromatic N) is 2. The third-order valence-electron chi connectivity index (χ3n) is 3.70. The summed E-state index contributed by atoms with van der Waals surface area (Å²) in [6.45, 7) is 5.14. The monoisotopic (exact) mass is 271 g/mol. The fraction of sp³-hybridized carbons (Fsp3) is 0.438. The first-order valence-electron chi connectivity index (χ1n) is 7.13. The molecule has 1 atom stereocenters. The molecule has 4 heteroatoms. The number of hydrogen-bond donors (Lipinski definition) is 1. The Bertz CT molecular complexity index is 546. The largest absolute Gasteiger partial charge is 0.382 e. The lowest BCUT2D eigenvalue weighted by atomic mass is 9.94. The number of rotatable bonds is 3. The first-order valence-corrected chi connectivity index (χ1v) is 7.13. The van der Waals surface area contributed by atoms with Crippen molar-refractivity contribution in [1.29, 1.82) is 0 Å². The molecule has 3 rings (SSSR count). The number of aromatic nitrogens is 2. The molecule has 20 heavy (non-hydrogen) atoms. The third kappa shape index (κ3) is 3.02. The van der Waals surface area contributed by atoms with Gasteiger partial charge in [-0.2, -0.15) is 5.10 Å². The number of anilines is 1. The van der Waals surface area contributed by atoms with Crippen LogP contribution in [0.4, 0.5) is 5.69 Å². The molecule has 1 aromatic heterocycles. The molecule has 1 aromatic carbocycles. The van der Waals surface area contributed by atoms with E-state index in [1.807, 2.05) is 16.9 Å². The van der Waals surface area contributed by atoms with Gasteiger partial charge in [0.25, 0.3) is 0 Å². The first kappa shape index (κ1) is 13.2. The highest BCUT2D eigenvalue weighted by Crippen LogP contribution is 2.26. The van der Waals surface area contributed by atoms with Gasteiger partial charge in [-0.15, -0.1) is 0 Å². The predicted molar refractivity (Wildman–Crippen MR) is 80.2 cm³/mol. The Balaban J connectivity index is 1.66. The Hall–Kier alpha value is -1.81. The number of hydrogen-bond acceptors (Lipinski definition) is 3. The van der Waals surface area contributed by atoms with Crippen LogP contribution in [0.25, 0.3) is 5.69 Å². The van der Waals surface area contributed by atoms with Gasteiger partial charge in [-0.25, -0.2) is 4.68 Å². The smallest absolute Gasteiger partial charge is 0.0647 e. The minimum atomic E-state index is -0.0229. The lowest BCUT2D eigenvalue weighted by Crippen LogP contribution is -2.40. The minimum Gasteiger partial charge on any atom is -0.382 e. The molecular weight excluding hydrogens is 250 g/mol. The molecule has 106 valence electrons. The van der Waals surface area contributed by atoms with E-state index in [1.165, 1.54) is 0 Å². The van der Waals surface area contributed by atoms with Crippen LogP contribution in [0.5, 0.6) is 0 Å². The van der Waals surface area contributed by atoms with E-state index in [-0.39, 0.29) is 5.60 Å². The molecule has 0 spiro atoms. The molecule has 0 radical (unpaired) electrons. The molecule has 2 heterocycles. The third-order valence-corrected chi connectivity index (χ3v) is 3.70. The van der Waals surface area contributed by atoms with Gasteiger partial charge < -0.3 is 10.1 Å². The van der Waals surface area contributed by atoms with E-state index in [1.54, 1.807) is 6.20 Å². The van der Waals surface area contributed by atoms with Crippen molar-refractivity contribution in [3.63, 3.8) is 0 Å². The lowest BCUT2D eigenvalue weighted by Gasteiger charge is -2.36. The Morgan fingerprint density at radius 3 is 2.75 bits per heavy atom. The van der Waals surface area contributed by atoms with E-state index >= 15 is 0 Å². The summed E-state index contributed by atoms with van der Waals surface area (Å²) in [5.74, 6) is 0. The quantitative estimate of drug-likeness (QED) is 0.931. The number of ether oxygens (including phenoxy) is 1. The molecule has 1 aliphatic rings. The highest BCUT2D eigenvalue weighted by Gasteiger charge is 2.28. The normalized spacial score (nSPS) is 21.6. The molecule has 0 saturated carbocycles. The van der Waals surface area contributed by atoms with Crippen LogP contribution in [0.1, 0.15) is 26.7 Å². The van der Waals surface area contributed by atoms with Crippen molar-refractivity contribution in [3.05, 3.63) is 42.7 Å². The summed E-state index contributed by atoms with van der Waals surface area (Å²) in [5, 5.41) is 7.83. The summed E-state index contributed by atoms with van der Waals surface area (Å²) < 4.78 is 7.61. The molecule has 0 bridgehead atoms. The van der Waals surface area contributed by atoms with Gasteiger partial charge in [0.15, 0.2) is 0 Å². The summed E-state index contributed by atoms with van der Waals surface area (Å²) >= 11 is 0. The van der Waals surface area contributed by atoms with Crippen LogP contribution in [-0.2, 0) is 4.74 Å². The van der Waals surface area contributed by atoms with Gasteiger partial charge in [0, 0.05) is 30.7 Å². The zero-order valence-electron chi connectivity index (χ0n) is 12.0. The van der Waals surface area contributed by atoms with Crippen molar-refractivity contribution in [1.82, 2.24) is 9.78 Å². The second-order valence-electron chi connectivity index (χ2n) is 5.94. The predicted octanol–water partition coefficient (Wildman–Crippen LogP) is 3.24. The van der Waals surface area contributed by atoms with Gasteiger partial charge in [-0.1, -0.05) is 0 Å². The van der Waals surface area contributed by atoms with Crippen LogP contribution < -0.4 is 5.32 Å². The van der Waals surface area contributed by atoms with Gasteiger partial charge in [0.1, 0.15) is 0 Å². The SMILES string of the molecule is CC1(C)CC(Nc2ccc(-n3cccn3)cc2)CCO1. The fourth-order valence-electron chi connectivity index (χ4n) is 2.72. The zero-order chi connectivity index (χ0) is 14.0.